The summed E-state index contributed by atoms with van der Waals surface area (Å²) in [4.78, 5) is 16.4. The van der Waals surface area contributed by atoms with E-state index >= 15 is 0 Å². The van der Waals surface area contributed by atoms with Gasteiger partial charge in [-0.25, -0.2) is 15.0 Å². The average Bonchev–Trinajstić information content (AvgIpc) is 3.96. The van der Waals surface area contributed by atoms with Gasteiger partial charge < -0.3 is 0 Å². The maximum absolute atomic E-state index is 5.54. The van der Waals surface area contributed by atoms with Crippen LogP contribution in [-0.2, 0) is 6.42 Å². The van der Waals surface area contributed by atoms with E-state index < -0.39 is 0 Å². The third kappa shape index (κ3) is 4.70. The van der Waals surface area contributed by atoms with Crippen molar-refractivity contribution >= 4 is 66.3 Å². The Morgan fingerprint density at radius 2 is 1.18 bits per heavy atom. The van der Waals surface area contributed by atoms with Crippen LogP contribution in [0.3, 0.4) is 0 Å². The minimum Gasteiger partial charge on any atom is -0.297 e. The first-order valence-electron chi connectivity index (χ1n) is 21.7. The van der Waals surface area contributed by atoms with Gasteiger partial charge in [0, 0.05) is 50.0 Å². The highest BCUT2D eigenvalue weighted by Gasteiger charge is 2.34. The van der Waals surface area contributed by atoms with Gasteiger partial charge in [0.1, 0.15) is 17.3 Å². The SMILES string of the molecule is C1=CCC2C(=C1)c1ccccc1-c1cc3c4c(nc(-c5cccc(-c6cccc(-c7nc8ccccc8c8nc9c%10ccccc%10c%10ccccc%10c9n78)c6)c5)n3c12)C=CCC4. The number of rotatable bonds is 3. The Labute approximate surface area is 357 Å². The monoisotopic (exact) mass is 791 g/mol. The van der Waals surface area contributed by atoms with Crippen LogP contribution in [0.2, 0.25) is 0 Å². The third-order valence-electron chi connectivity index (χ3n) is 13.6. The molecule has 7 aromatic carbocycles. The highest BCUT2D eigenvalue weighted by Crippen LogP contribution is 2.52. The molecular formula is C57H37N5. The molecule has 62 heavy (non-hydrogen) atoms. The molecule has 14 rings (SSSR count). The van der Waals surface area contributed by atoms with Crippen LogP contribution in [0.5, 0.6) is 0 Å². The third-order valence-corrected chi connectivity index (χ3v) is 13.6. The number of hydrogen-bond acceptors (Lipinski definition) is 3. The number of allylic oxidation sites excluding steroid dienone is 5. The maximum Gasteiger partial charge on any atom is 0.149 e. The molecule has 5 heteroatoms. The molecule has 1 unspecified atom stereocenters. The lowest BCUT2D eigenvalue weighted by Gasteiger charge is -2.30. The van der Waals surface area contributed by atoms with Crippen LogP contribution in [-0.4, -0.2) is 23.8 Å². The van der Waals surface area contributed by atoms with Crippen molar-refractivity contribution in [2.75, 3.05) is 0 Å². The zero-order valence-electron chi connectivity index (χ0n) is 33.8. The molecule has 0 aliphatic heterocycles. The van der Waals surface area contributed by atoms with Gasteiger partial charge in [-0.15, -0.1) is 0 Å². The molecule has 0 saturated heterocycles. The number of fused-ring (bicyclic) bond motifs is 20. The molecule has 3 aliphatic rings. The molecule has 3 aliphatic carbocycles. The topological polar surface area (TPSA) is 47.5 Å². The quantitative estimate of drug-likeness (QED) is 0.167. The number of imidazole rings is 1. The van der Waals surface area contributed by atoms with Crippen LogP contribution in [0.1, 0.15) is 41.3 Å². The molecule has 0 spiro atoms. The van der Waals surface area contributed by atoms with Gasteiger partial charge in [-0.1, -0.05) is 146 Å². The Balaban J connectivity index is 0.987. The van der Waals surface area contributed by atoms with E-state index in [2.05, 4.69) is 191 Å². The zero-order valence-corrected chi connectivity index (χ0v) is 33.8. The Morgan fingerprint density at radius 1 is 0.516 bits per heavy atom. The van der Waals surface area contributed by atoms with Crippen molar-refractivity contribution in [3.8, 4) is 45.0 Å². The van der Waals surface area contributed by atoms with Crippen molar-refractivity contribution in [2.24, 2.45) is 0 Å². The van der Waals surface area contributed by atoms with Gasteiger partial charge in [-0.05, 0) is 94.3 Å². The van der Waals surface area contributed by atoms with Crippen LogP contribution >= 0.6 is 0 Å². The Morgan fingerprint density at radius 3 is 1.98 bits per heavy atom. The molecule has 11 aromatic rings. The normalized spacial score (nSPS) is 15.4. The number of benzene rings is 7. The molecule has 0 fully saturated rings. The van der Waals surface area contributed by atoms with E-state index in [4.69, 9.17) is 15.0 Å². The summed E-state index contributed by atoms with van der Waals surface area (Å²) < 4.78 is 4.82. The molecule has 0 bridgehead atoms. The summed E-state index contributed by atoms with van der Waals surface area (Å²) in [6.45, 7) is 0. The van der Waals surface area contributed by atoms with Crippen LogP contribution in [0, 0.1) is 0 Å². The smallest absolute Gasteiger partial charge is 0.149 e. The van der Waals surface area contributed by atoms with E-state index in [-0.39, 0.29) is 5.92 Å². The van der Waals surface area contributed by atoms with Gasteiger partial charge in [-0.3, -0.25) is 8.80 Å². The van der Waals surface area contributed by atoms with Gasteiger partial charge in [0.15, 0.2) is 0 Å². The number of para-hydroxylation sites is 1. The molecule has 0 saturated carbocycles. The molecule has 0 amide bonds. The number of aromatic nitrogens is 5. The first-order chi connectivity index (χ1) is 30.8. The molecule has 4 aromatic heterocycles. The van der Waals surface area contributed by atoms with E-state index in [1.54, 1.807) is 0 Å². The van der Waals surface area contributed by atoms with Gasteiger partial charge in [0.2, 0.25) is 0 Å². The first kappa shape index (κ1) is 33.9. The van der Waals surface area contributed by atoms with Crippen molar-refractivity contribution in [3.63, 3.8) is 0 Å². The van der Waals surface area contributed by atoms with E-state index in [0.29, 0.717) is 0 Å². The van der Waals surface area contributed by atoms with Crippen molar-refractivity contribution in [1.29, 1.82) is 0 Å². The van der Waals surface area contributed by atoms with Crippen LogP contribution in [0.4, 0.5) is 0 Å². The summed E-state index contributed by atoms with van der Waals surface area (Å²) in [5, 5.41) is 5.76. The standard InChI is InChI=1S/C57H37N5/c1-2-23-42-38(19-1)40-21-4-7-25-44(40)53-48(42)33-51-46-27-9-11-29-49(46)58-55(61(51)53)36-17-13-15-34(31-36)35-16-14-18-37(32-35)56-59-50-30-12-10-28-47(50)57-60-52-43-24-6-3-20-39(43)41-22-5-8-26-45(41)54(52)62(56)57/h1-8,10-24,26,28-33,44H,9,25,27H2. The number of aryl methyl sites for hydroxylation is 1. The van der Waals surface area contributed by atoms with Crippen LogP contribution < -0.4 is 0 Å². The minimum absolute atomic E-state index is 0.255. The van der Waals surface area contributed by atoms with Crippen molar-refractivity contribution in [2.45, 2.75) is 25.2 Å². The summed E-state index contributed by atoms with van der Waals surface area (Å²) in [5.41, 5.74) is 18.7. The molecule has 1 atom stereocenters. The second-order valence-electron chi connectivity index (χ2n) is 17.0. The molecule has 5 nitrogen and oxygen atoms in total. The van der Waals surface area contributed by atoms with E-state index in [9.17, 15) is 0 Å². The lowest BCUT2D eigenvalue weighted by Crippen LogP contribution is -2.15. The molecule has 4 heterocycles. The number of nitrogens with zero attached hydrogens (tertiary/aromatic N) is 5. The lowest BCUT2D eigenvalue weighted by atomic mass is 9.75. The fourth-order valence-electron chi connectivity index (χ4n) is 10.9. The summed E-state index contributed by atoms with van der Waals surface area (Å²) in [6, 6.07) is 55.0. The van der Waals surface area contributed by atoms with Crippen LogP contribution in [0.15, 0.2) is 176 Å². The average molecular weight is 792 g/mol. The molecule has 0 N–H and O–H groups in total. The minimum atomic E-state index is 0.255. The Kier molecular flexibility index (Phi) is 7.00. The lowest BCUT2D eigenvalue weighted by molar-refractivity contribution is 0.808. The van der Waals surface area contributed by atoms with Gasteiger partial charge in [-0.2, -0.15) is 0 Å². The van der Waals surface area contributed by atoms with Gasteiger partial charge in [0.05, 0.1) is 27.8 Å². The largest absolute Gasteiger partial charge is 0.297 e. The zero-order chi connectivity index (χ0) is 40.5. The molecular weight excluding hydrogens is 755 g/mol. The maximum atomic E-state index is 5.54. The predicted octanol–water partition coefficient (Wildman–Crippen LogP) is 14.1. The highest BCUT2D eigenvalue weighted by atomic mass is 15.1. The number of hydrogen-bond donors (Lipinski definition) is 0. The van der Waals surface area contributed by atoms with E-state index in [1.807, 2.05) is 0 Å². The Bertz CT molecular complexity index is 3860. The molecule has 290 valence electrons. The first-order valence-corrected chi connectivity index (χ1v) is 21.7. The summed E-state index contributed by atoms with van der Waals surface area (Å²) in [6.07, 6.45) is 14.4. The fourth-order valence-corrected chi connectivity index (χ4v) is 10.9. The summed E-state index contributed by atoms with van der Waals surface area (Å²) >= 11 is 0. The van der Waals surface area contributed by atoms with E-state index in [0.717, 1.165) is 97.2 Å². The van der Waals surface area contributed by atoms with E-state index in [1.165, 1.54) is 49.8 Å². The van der Waals surface area contributed by atoms with Crippen molar-refractivity contribution in [3.05, 3.63) is 198 Å². The van der Waals surface area contributed by atoms with Gasteiger partial charge >= 0.3 is 0 Å². The highest BCUT2D eigenvalue weighted by molar-refractivity contribution is 6.25. The van der Waals surface area contributed by atoms with Crippen molar-refractivity contribution < 1.29 is 0 Å². The summed E-state index contributed by atoms with van der Waals surface area (Å²) in [5.74, 6) is 2.11. The second-order valence-corrected chi connectivity index (χ2v) is 17.0. The van der Waals surface area contributed by atoms with Crippen molar-refractivity contribution in [1.82, 2.24) is 23.8 Å². The van der Waals surface area contributed by atoms with Crippen LogP contribution in [0.25, 0.3) is 111 Å². The predicted molar refractivity (Wildman–Crippen MR) is 255 cm³/mol. The molecule has 0 radical (unpaired) electrons. The fraction of sp³-hybridized carbons (Fsp3) is 0.0702. The summed E-state index contributed by atoms with van der Waals surface area (Å²) in [7, 11) is 0. The van der Waals surface area contributed by atoms with Gasteiger partial charge in [0.25, 0.3) is 0 Å². The Hall–Kier alpha value is -7.89. The second kappa shape index (κ2) is 12.8.